The number of aromatic nitrogens is 2. The molecule has 3 heteroatoms. The molecule has 0 spiro atoms. The Bertz CT molecular complexity index is 444. The molecule has 0 fully saturated rings. The van der Waals surface area contributed by atoms with E-state index in [1.807, 2.05) is 12.3 Å². The molecule has 0 aromatic carbocycles. The van der Waals surface area contributed by atoms with Crippen molar-refractivity contribution in [1.82, 2.24) is 9.97 Å². The third kappa shape index (κ3) is 0.869. The molecular formula is C10H8N2O. The van der Waals surface area contributed by atoms with Crippen molar-refractivity contribution in [3.63, 3.8) is 0 Å². The standard InChI is InChI=1S/C10H8N2O/c1-2-13-5-8-3-7-4-11-6-12-10(7)9(1)8/h1-4,6H,5H2,(H,11,12). The van der Waals surface area contributed by atoms with Crippen molar-refractivity contribution >= 4 is 6.08 Å². The average molecular weight is 172 g/mol. The van der Waals surface area contributed by atoms with Crippen LogP contribution in [-0.4, -0.2) is 9.97 Å². The van der Waals surface area contributed by atoms with E-state index in [-0.39, 0.29) is 0 Å². The van der Waals surface area contributed by atoms with E-state index in [0.29, 0.717) is 6.61 Å². The highest BCUT2D eigenvalue weighted by Crippen LogP contribution is 2.32. The van der Waals surface area contributed by atoms with Crippen LogP contribution in [0.5, 0.6) is 0 Å². The van der Waals surface area contributed by atoms with Gasteiger partial charge in [-0.1, -0.05) is 0 Å². The summed E-state index contributed by atoms with van der Waals surface area (Å²) in [7, 11) is 0. The van der Waals surface area contributed by atoms with Gasteiger partial charge in [0.05, 0.1) is 18.3 Å². The van der Waals surface area contributed by atoms with Gasteiger partial charge in [-0.25, -0.2) is 4.98 Å². The molecule has 0 unspecified atom stereocenters. The summed E-state index contributed by atoms with van der Waals surface area (Å²) in [6, 6.07) is 2.11. The minimum Gasteiger partial charge on any atom is -0.496 e. The number of ether oxygens (including phenoxy) is 1. The van der Waals surface area contributed by atoms with Crippen molar-refractivity contribution in [1.29, 1.82) is 0 Å². The van der Waals surface area contributed by atoms with Crippen LogP contribution in [0, 0.1) is 0 Å². The van der Waals surface area contributed by atoms with Gasteiger partial charge in [0.25, 0.3) is 0 Å². The summed E-state index contributed by atoms with van der Waals surface area (Å²) in [5.41, 5.74) is 4.73. The second-order valence-corrected chi connectivity index (χ2v) is 3.08. The molecule has 0 saturated heterocycles. The van der Waals surface area contributed by atoms with E-state index in [0.717, 1.165) is 11.3 Å². The first kappa shape index (κ1) is 6.71. The lowest BCUT2D eigenvalue weighted by molar-refractivity contribution is 0.235. The van der Waals surface area contributed by atoms with Gasteiger partial charge < -0.3 is 9.72 Å². The van der Waals surface area contributed by atoms with Gasteiger partial charge in [-0.05, 0) is 17.7 Å². The van der Waals surface area contributed by atoms with E-state index in [4.69, 9.17) is 4.74 Å². The summed E-state index contributed by atoms with van der Waals surface area (Å²) in [5, 5.41) is 0. The van der Waals surface area contributed by atoms with Crippen LogP contribution in [0.3, 0.4) is 0 Å². The molecule has 3 rings (SSSR count). The fraction of sp³-hybridized carbons (Fsp3) is 0.100. The van der Waals surface area contributed by atoms with Crippen LogP contribution >= 0.6 is 0 Å². The van der Waals surface area contributed by atoms with Crippen molar-refractivity contribution in [2.24, 2.45) is 0 Å². The molecule has 0 aromatic heterocycles. The maximum atomic E-state index is 5.21. The van der Waals surface area contributed by atoms with Gasteiger partial charge in [0.1, 0.15) is 6.61 Å². The van der Waals surface area contributed by atoms with Crippen molar-refractivity contribution < 1.29 is 4.74 Å². The minimum atomic E-state index is 0.661. The van der Waals surface area contributed by atoms with Gasteiger partial charge in [-0.3, -0.25) is 0 Å². The molecule has 0 amide bonds. The summed E-state index contributed by atoms with van der Waals surface area (Å²) >= 11 is 0. The molecule has 0 radical (unpaired) electrons. The summed E-state index contributed by atoms with van der Waals surface area (Å²) in [6.45, 7) is 0.661. The molecule has 3 nitrogen and oxygen atoms in total. The molecule has 2 heterocycles. The smallest absolute Gasteiger partial charge is 0.113 e. The number of nitrogens with zero attached hydrogens (tertiary/aromatic N) is 1. The Labute approximate surface area is 75.4 Å². The molecule has 1 aliphatic carbocycles. The fourth-order valence-corrected chi connectivity index (χ4v) is 1.70. The van der Waals surface area contributed by atoms with Gasteiger partial charge in [-0.2, -0.15) is 0 Å². The lowest BCUT2D eigenvalue weighted by Gasteiger charge is -2.07. The number of rotatable bonds is 0. The normalized spacial score (nSPS) is 14.2. The Kier molecular flexibility index (Phi) is 1.22. The Hall–Kier alpha value is -1.77. The zero-order valence-electron chi connectivity index (χ0n) is 6.95. The number of hydrogen-bond acceptors (Lipinski definition) is 2. The van der Waals surface area contributed by atoms with E-state index >= 15 is 0 Å². The van der Waals surface area contributed by atoms with Gasteiger partial charge in [-0.15, -0.1) is 0 Å². The van der Waals surface area contributed by atoms with E-state index in [2.05, 4.69) is 16.0 Å². The predicted octanol–water partition coefficient (Wildman–Crippen LogP) is 2.02. The minimum absolute atomic E-state index is 0.661. The molecule has 0 atom stereocenters. The SMILES string of the molecule is C1=Cc2c(cc3cnc[nH]c2-3)CO1. The number of H-pyrrole nitrogens is 1. The molecular weight excluding hydrogens is 164 g/mol. The van der Waals surface area contributed by atoms with Crippen LogP contribution in [-0.2, 0) is 11.3 Å². The largest absolute Gasteiger partial charge is 0.496 e. The molecule has 0 saturated carbocycles. The highest BCUT2D eigenvalue weighted by atomic mass is 16.5. The molecule has 64 valence electrons. The van der Waals surface area contributed by atoms with Crippen LogP contribution in [0.2, 0.25) is 0 Å². The number of aromatic amines is 1. The van der Waals surface area contributed by atoms with Crippen LogP contribution < -0.4 is 0 Å². The van der Waals surface area contributed by atoms with Gasteiger partial charge in [0, 0.05) is 17.3 Å². The van der Waals surface area contributed by atoms with Gasteiger partial charge >= 0.3 is 0 Å². The van der Waals surface area contributed by atoms with Crippen LogP contribution in [0.1, 0.15) is 11.1 Å². The fourth-order valence-electron chi connectivity index (χ4n) is 1.70. The third-order valence-corrected chi connectivity index (χ3v) is 2.30. The summed E-state index contributed by atoms with van der Waals surface area (Å²) in [5.74, 6) is 0. The zero-order chi connectivity index (χ0) is 8.67. The predicted molar refractivity (Wildman–Crippen MR) is 49.0 cm³/mol. The highest BCUT2D eigenvalue weighted by molar-refractivity contribution is 5.78. The van der Waals surface area contributed by atoms with Crippen molar-refractivity contribution in [3.8, 4) is 11.3 Å². The Morgan fingerprint density at radius 2 is 2.46 bits per heavy atom. The van der Waals surface area contributed by atoms with E-state index < -0.39 is 0 Å². The molecule has 0 aromatic rings. The summed E-state index contributed by atoms with van der Waals surface area (Å²) < 4.78 is 5.21. The van der Waals surface area contributed by atoms with Gasteiger partial charge in [0.15, 0.2) is 0 Å². The molecule has 13 heavy (non-hydrogen) atoms. The summed E-state index contributed by atoms with van der Waals surface area (Å²) in [4.78, 5) is 7.18. The Balaban J connectivity index is 2.35. The first-order valence-electron chi connectivity index (χ1n) is 4.17. The lowest BCUT2D eigenvalue weighted by atomic mass is 10.1. The molecule has 2 aliphatic heterocycles. The van der Waals surface area contributed by atoms with Crippen LogP contribution in [0.25, 0.3) is 17.3 Å². The quantitative estimate of drug-likeness (QED) is 0.660. The second-order valence-electron chi connectivity index (χ2n) is 3.08. The Morgan fingerprint density at radius 1 is 1.46 bits per heavy atom. The molecule has 0 bridgehead atoms. The van der Waals surface area contributed by atoms with Crippen molar-refractivity contribution in [2.45, 2.75) is 6.61 Å². The van der Waals surface area contributed by atoms with Crippen molar-refractivity contribution in [3.05, 3.63) is 36.0 Å². The van der Waals surface area contributed by atoms with E-state index in [1.165, 1.54) is 11.1 Å². The zero-order valence-corrected chi connectivity index (χ0v) is 6.95. The van der Waals surface area contributed by atoms with Crippen molar-refractivity contribution in [2.75, 3.05) is 0 Å². The number of hydrogen-bond donors (Lipinski definition) is 1. The Morgan fingerprint density at radius 3 is 3.46 bits per heavy atom. The summed E-state index contributed by atoms with van der Waals surface area (Å²) in [6.07, 6.45) is 7.28. The first-order valence-corrected chi connectivity index (χ1v) is 4.17. The second kappa shape index (κ2) is 2.36. The highest BCUT2D eigenvalue weighted by Gasteiger charge is 2.16. The van der Waals surface area contributed by atoms with Gasteiger partial charge in [0.2, 0.25) is 0 Å². The first-order chi connectivity index (χ1) is 6.45. The maximum absolute atomic E-state index is 5.21. The molecule has 1 N–H and O–H groups in total. The maximum Gasteiger partial charge on any atom is 0.113 e. The molecule has 3 aliphatic rings. The monoisotopic (exact) mass is 172 g/mol. The van der Waals surface area contributed by atoms with E-state index in [9.17, 15) is 0 Å². The lowest BCUT2D eigenvalue weighted by Crippen LogP contribution is -1.92. The average Bonchev–Trinajstić information content (AvgIpc) is 2.56. The number of fused-ring (bicyclic) bond motifs is 3. The van der Waals surface area contributed by atoms with Crippen LogP contribution in [0.15, 0.2) is 24.9 Å². The topological polar surface area (TPSA) is 37.9 Å². The number of nitrogens with one attached hydrogen (secondary N) is 1. The van der Waals surface area contributed by atoms with Crippen LogP contribution in [0.4, 0.5) is 0 Å². The third-order valence-electron chi connectivity index (χ3n) is 2.30. The van der Waals surface area contributed by atoms with E-state index in [1.54, 1.807) is 12.6 Å².